The van der Waals surface area contributed by atoms with E-state index in [-0.39, 0.29) is 13.0 Å². The number of hydrogen-bond donors (Lipinski definition) is 2. The van der Waals surface area contributed by atoms with Gasteiger partial charge in [0.05, 0.1) is 0 Å². The van der Waals surface area contributed by atoms with Crippen LogP contribution in [0.3, 0.4) is 0 Å². The smallest absolute Gasteiger partial charge is 0.406 e. The molecule has 4 rings (SSSR count). The van der Waals surface area contributed by atoms with E-state index in [1.807, 2.05) is 12.1 Å². The lowest BCUT2D eigenvalue weighted by Gasteiger charge is -2.26. The number of carbonyl (C=O) groups excluding carboxylic acids is 1. The number of ether oxygens (including phenoxy) is 1. The molecule has 4 nitrogen and oxygen atoms in total. The highest BCUT2D eigenvalue weighted by molar-refractivity contribution is 6.80. The zero-order valence-corrected chi connectivity index (χ0v) is 12.7. The maximum atomic E-state index is 11.0. The van der Waals surface area contributed by atoms with Crippen LogP contribution in [0.15, 0.2) is 60.7 Å². The third-order valence-corrected chi connectivity index (χ3v) is 3.98. The van der Waals surface area contributed by atoms with Crippen LogP contribution in [0.25, 0.3) is 10.8 Å². The van der Waals surface area contributed by atoms with Crippen LogP contribution in [0.4, 0.5) is 11.4 Å². The molecule has 3 aromatic carbocycles. The van der Waals surface area contributed by atoms with Gasteiger partial charge in [-0.05, 0) is 35.1 Å². The fraction of sp³-hybridized carbons (Fsp3) is 0.0556. The summed E-state index contributed by atoms with van der Waals surface area (Å²) in [4.78, 5) is 11.0. The van der Waals surface area contributed by atoms with E-state index in [0.29, 0.717) is 5.75 Å². The van der Waals surface area contributed by atoms with E-state index in [0.717, 1.165) is 16.8 Å². The molecule has 23 heavy (non-hydrogen) atoms. The molecule has 0 radical (unpaired) electrons. The molecule has 0 saturated heterocycles. The molecule has 5 heteroatoms. The maximum Gasteiger partial charge on any atom is 0.406 e. The molecule has 0 aromatic heterocycles. The Labute approximate surface area is 134 Å². The molecule has 0 amide bonds. The van der Waals surface area contributed by atoms with Gasteiger partial charge < -0.3 is 15.2 Å². The third kappa shape index (κ3) is 2.50. The van der Waals surface area contributed by atoms with E-state index in [9.17, 15) is 4.79 Å². The Morgan fingerprint density at radius 1 is 0.913 bits per heavy atom. The van der Waals surface area contributed by atoms with Gasteiger partial charge in [0.25, 0.3) is 0 Å². The number of carbonyl (C=O) groups is 1. The molecule has 112 valence electrons. The second kappa shape index (κ2) is 5.36. The molecule has 0 unspecified atom stereocenters. The van der Waals surface area contributed by atoms with Crippen LogP contribution < -0.4 is 20.7 Å². The molecular formula is C18H15BN2O2. The summed E-state index contributed by atoms with van der Waals surface area (Å²) < 4.78 is 5.08. The first-order valence-electron chi connectivity index (χ1n) is 7.54. The second-order valence-electron chi connectivity index (χ2n) is 5.59. The van der Waals surface area contributed by atoms with Crippen molar-refractivity contribution < 1.29 is 9.53 Å². The zero-order valence-electron chi connectivity index (χ0n) is 12.7. The lowest BCUT2D eigenvalue weighted by atomic mass is 9.66. The van der Waals surface area contributed by atoms with Gasteiger partial charge in [0.15, 0.2) is 0 Å². The first kappa shape index (κ1) is 13.7. The summed E-state index contributed by atoms with van der Waals surface area (Å²) in [6, 6.07) is 20.0. The van der Waals surface area contributed by atoms with Crippen molar-refractivity contribution in [3.8, 4) is 5.75 Å². The molecule has 0 aliphatic carbocycles. The molecule has 1 aliphatic heterocycles. The molecular weight excluding hydrogens is 287 g/mol. The summed E-state index contributed by atoms with van der Waals surface area (Å²) in [6.07, 6.45) is 0. The number of anilines is 2. The maximum absolute atomic E-state index is 11.0. The fourth-order valence-corrected chi connectivity index (χ4v) is 2.99. The fourth-order valence-electron chi connectivity index (χ4n) is 2.99. The van der Waals surface area contributed by atoms with Gasteiger partial charge in [-0.1, -0.05) is 36.4 Å². The Morgan fingerprint density at radius 2 is 1.52 bits per heavy atom. The average Bonchev–Trinajstić information content (AvgIpc) is 2.55. The minimum atomic E-state index is -0.313. The highest BCUT2D eigenvalue weighted by Gasteiger charge is 2.25. The topological polar surface area (TPSA) is 50.4 Å². The van der Waals surface area contributed by atoms with Crippen molar-refractivity contribution >= 4 is 40.6 Å². The monoisotopic (exact) mass is 302 g/mol. The molecule has 1 heterocycles. The largest absolute Gasteiger partial charge is 0.427 e. The number of benzene rings is 3. The van der Waals surface area contributed by atoms with Crippen molar-refractivity contribution in [2.24, 2.45) is 0 Å². The van der Waals surface area contributed by atoms with Crippen LogP contribution in [0, 0.1) is 0 Å². The molecule has 0 saturated carbocycles. The van der Waals surface area contributed by atoms with Crippen molar-refractivity contribution in [2.45, 2.75) is 6.92 Å². The lowest BCUT2D eigenvalue weighted by Crippen LogP contribution is -2.47. The van der Waals surface area contributed by atoms with Crippen LogP contribution in [0.2, 0.25) is 0 Å². The molecule has 2 N–H and O–H groups in total. The number of esters is 1. The first-order valence-corrected chi connectivity index (χ1v) is 7.54. The number of nitrogens with one attached hydrogen (secondary N) is 2. The molecule has 3 aromatic rings. The quantitative estimate of drug-likeness (QED) is 0.434. The number of rotatable bonds is 2. The Hall–Kier alpha value is -2.95. The molecule has 0 fully saturated rings. The van der Waals surface area contributed by atoms with Gasteiger partial charge in [-0.25, -0.2) is 0 Å². The second-order valence-corrected chi connectivity index (χ2v) is 5.59. The van der Waals surface area contributed by atoms with Crippen LogP contribution in [0.1, 0.15) is 6.92 Å². The van der Waals surface area contributed by atoms with E-state index in [2.05, 4.69) is 46.9 Å². The first-order chi connectivity index (χ1) is 11.2. The highest BCUT2D eigenvalue weighted by Crippen LogP contribution is 2.33. The van der Waals surface area contributed by atoms with Gasteiger partial charge in [0, 0.05) is 23.7 Å². The average molecular weight is 302 g/mol. The Bertz CT molecular complexity index is 852. The summed E-state index contributed by atoms with van der Waals surface area (Å²) in [5.74, 6) is 0.242. The van der Waals surface area contributed by atoms with Crippen LogP contribution in [-0.2, 0) is 4.79 Å². The van der Waals surface area contributed by atoms with Gasteiger partial charge in [-0.3, -0.25) is 4.79 Å². The predicted molar refractivity (Wildman–Crippen MR) is 94.3 cm³/mol. The van der Waals surface area contributed by atoms with Crippen molar-refractivity contribution in [1.29, 1.82) is 0 Å². The van der Waals surface area contributed by atoms with Gasteiger partial charge in [-0.15, -0.1) is 0 Å². The van der Waals surface area contributed by atoms with Crippen LogP contribution >= 0.6 is 0 Å². The summed E-state index contributed by atoms with van der Waals surface area (Å²) in [6.45, 7) is 1.37. The van der Waals surface area contributed by atoms with Gasteiger partial charge >= 0.3 is 13.0 Å². The van der Waals surface area contributed by atoms with Crippen molar-refractivity contribution in [2.75, 3.05) is 10.5 Å². The van der Waals surface area contributed by atoms with Crippen LogP contribution in [-0.4, -0.2) is 13.0 Å². The Kier molecular flexibility index (Phi) is 3.19. The van der Waals surface area contributed by atoms with Gasteiger partial charge in [0.2, 0.25) is 0 Å². The van der Waals surface area contributed by atoms with Crippen molar-refractivity contribution in [1.82, 2.24) is 0 Å². The van der Waals surface area contributed by atoms with Crippen molar-refractivity contribution in [3.05, 3.63) is 60.7 Å². The molecule has 1 aliphatic rings. The molecule has 0 spiro atoms. The van der Waals surface area contributed by atoms with Crippen LogP contribution in [0.5, 0.6) is 5.75 Å². The standard InChI is InChI=1S/C18H15BN2O2/c1-12(22)23-15-10-8-14(9-11-15)19-20-16-6-2-4-13-5-3-7-17(21-19)18(13)16/h2-11,20-21H,1H3. The molecule has 0 atom stereocenters. The SMILES string of the molecule is CC(=O)Oc1ccc(B2Nc3cccc4cccc(c34)N2)cc1. The van der Waals surface area contributed by atoms with E-state index < -0.39 is 0 Å². The minimum absolute atomic E-state index is 0.0260. The van der Waals surface area contributed by atoms with Gasteiger partial charge in [0.1, 0.15) is 5.75 Å². The predicted octanol–water partition coefficient (Wildman–Crippen LogP) is 3.00. The Morgan fingerprint density at radius 3 is 2.09 bits per heavy atom. The molecule has 0 bridgehead atoms. The lowest BCUT2D eigenvalue weighted by molar-refractivity contribution is -0.131. The number of hydrogen-bond acceptors (Lipinski definition) is 4. The summed E-state index contributed by atoms with van der Waals surface area (Å²) in [5.41, 5.74) is 3.31. The zero-order chi connectivity index (χ0) is 15.8. The summed E-state index contributed by atoms with van der Waals surface area (Å²) in [5, 5.41) is 9.46. The minimum Gasteiger partial charge on any atom is -0.427 e. The van der Waals surface area contributed by atoms with Gasteiger partial charge in [-0.2, -0.15) is 0 Å². The summed E-state index contributed by atoms with van der Waals surface area (Å²) in [7, 11) is 0. The normalized spacial score (nSPS) is 12.5. The summed E-state index contributed by atoms with van der Waals surface area (Å²) >= 11 is 0. The third-order valence-electron chi connectivity index (χ3n) is 3.98. The Balaban J connectivity index is 1.66. The van der Waals surface area contributed by atoms with E-state index >= 15 is 0 Å². The van der Waals surface area contributed by atoms with E-state index in [1.165, 1.54) is 17.7 Å². The van der Waals surface area contributed by atoms with E-state index in [4.69, 9.17) is 4.74 Å². The van der Waals surface area contributed by atoms with Crippen molar-refractivity contribution in [3.63, 3.8) is 0 Å². The van der Waals surface area contributed by atoms with E-state index in [1.54, 1.807) is 12.1 Å². The highest BCUT2D eigenvalue weighted by atomic mass is 16.5.